The molecule has 1 rings (SSSR count). The van der Waals surface area contributed by atoms with E-state index in [2.05, 4.69) is 24.5 Å². The van der Waals surface area contributed by atoms with Crippen molar-refractivity contribution in [3.63, 3.8) is 0 Å². The van der Waals surface area contributed by atoms with Crippen LogP contribution in [0.25, 0.3) is 0 Å². The van der Waals surface area contributed by atoms with E-state index in [0.717, 1.165) is 5.56 Å². The Balaban J connectivity index is 0.00000361. The molecule has 0 bridgehead atoms. The summed E-state index contributed by atoms with van der Waals surface area (Å²) in [6.45, 7) is 4.47. The summed E-state index contributed by atoms with van der Waals surface area (Å²) in [6.07, 6.45) is 0. The quantitative estimate of drug-likeness (QED) is 0.718. The molecule has 0 atom stereocenters. The van der Waals surface area contributed by atoms with Gasteiger partial charge in [0.25, 0.3) is 0 Å². The predicted octanol–water partition coefficient (Wildman–Crippen LogP) is 0.577. The van der Waals surface area contributed by atoms with Crippen molar-refractivity contribution in [2.45, 2.75) is 19.3 Å². The Kier molecular flexibility index (Phi) is 7.87. The monoisotopic (exact) mass is 299 g/mol. The molecule has 2 amide bonds. The van der Waals surface area contributed by atoms with Gasteiger partial charge in [0.2, 0.25) is 11.8 Å². The van der Waals surface area contributed by atoms with E-state index in [0.29, 0.717) is 6.54 Å². The number of halogens is 1. The SMILES string of the molecule is CC(C)(CNC(=O)CNC(=O)CN)c1ccccc1.Cl. The molecule has 0 fully saturated rings. The smallest absolute Gasteiger partial charge is 0.239 e. The molecule has 4 N–H and O–H groups in total. The molecule has 0 aliphatic carbocycles. The lowest BCUT2D eigenvalue weighted by Gasteiger charge is -2.25. The molecule has 0 spiro atoms. The van der Waals surface area contributed by atoms with Gasteiger partial charge in [0.1, 0.15) is 0 Å². The van der Waals surface area contributed by atoms with Crippen molar-refractivity contribution in [2.24, 2.45) is 5.73 Å². The Hall–Kier alpha value is -1.59. The minimum absolute atomic E-state index is 0. The van der Waals surface area contributed by atoms with Crippen LogP contribution in [0.4, 0.5) is 0 Å². The molecule has 0 aromatic heterocycles. The Morgan fingerprint density at radius 3 is 2.25 bits per heavy atom. The molecule has 0 aliphatic rings. The van der Waals surface area contributed by atoms with Gasteiger partial charge < -0.3 is 16.4 Å². The Bertz CT molecular complexity index is 435. The number of amides is 2. The maximum Gasteiger partial charge on any atom is 0.239 e. The van der Waals surface area contributed by atoms with Crippen molar-refractivity contribution in [3.8, 4) is 0 Å². The van der Waals surface area contributed by atoms with Crippen LogP contribution in [-0.4, -0.2) is 31.4 Å². The van der Waals surface area contributed by atoms with E-state index in [1.54, 1.807) is 0 Å². The van der Waals surface area contributed by atoms with Gasteiger partial charge in [-0.2, -0.15) is 0 Å². The van der Waals surface area contributed by atoms with E-state index >= 15 is 0 Å². The zero-order valence-corrected chi connectivity index (χ0v) is 12.6. The molecule has 0 unspecified atom stereocenters. The summed E-state index contributed by atoms with van der Waals surface area (Å²) in [5.41, 5.74) is 6.13. The third-order valence-electron chi connectivity index (χ3n) is 2.91. The first-order valence-electron chi connectivity index (χ1n) is 6.24. The fraction of sp³-hybridized carbons (Fsp3) is 0.429. The van der Waals surface area contributed by atoms with Crippen molar-refractivity contribution < 1.29 is 9.59 Å². The Morgan fingerprint density at radius 2 is 1.70 bits per heavy atom. The van der Waals surface area contributed by atoms with Crippen LogP contribution in [0, 0.1) is 0 Å². The van der Waals surface area contributed by atoms with Crippen LogP contribution in [0.5, 0.6) is 0 Å². The summed E-state index contributed by atoms with van der Waals surface area (Å²) < 4.78 is 0. The lowest BCUT2D eigenvalue weighted by molar-refractivity contribution is -0.125. The van der Waals surface area contributed by atoms with Gasteiger partial charge in [-0.15, -0.1) is 12.4 Å². The van der Waals surface area contributed by atoms with Crippen LogP contribution in [0.3, 0.4) is 0 Å². The highest BCUT2D eigenvalue weighted by Crippen LogP contribution is 2.21. The molecule has 0 aliphatic heterocycles. The fourth-order valence-electron chi connectivity index (χ4n) is 1.62. The van der Waals surface area contributed by atoms with E-state index in [-0.39, 0.29) is 42.7 Å². The van der Waals surface area contributed by atoms with Gasteiger partial charge in [-0.3, -0.25) is 9.59 Å². The first-order chi connectivity index (χ1) is 8.95. The van der Waals surface area contributed by atoms with Gasteiger partial charge in [-0.25, -0.2) is 0 Å². The van der Waals surface area contributed by atoms with E-state index < -0.39 is 0 Å². The molecule has 0 saturated heterocycles. The summed E-state index contributed by atoms with van der Waals surface area (Å²) in [5.74, 6) is -0.553. The van der Waals surface area contributed by atoms with E-state index in [9.17, 15) is 9.59 Å². The maximum atomic E-state index is 11.6. The van der Waals surface area contributed by atoms with Gasteiger partial charge in [-0.1, -0.05) is 44.2 Å². The molecule has 20 heavy (non-hydrogen) atoms. The topological polar surface area (TPSA) is 84.2 Å². The standard InChI is InChI=1S/C14H21N3O2.ClH/c1-14(2,11-6-4-3-5-7-11)10-17-13(19)9-16-12(18)8-15;/h3-7H,8-10,15H2,1-2H3,(H,16,18)(H,17,19);1H. The second-order valence-electron chi connectivity index (χ2n) is 5.01. The maximum absolute atomic E-state index is 11.6. The van der Waals surface area contributed by atoms with Crippen LogP contribution in [0.1, 0.15) is 19.4 Å². The predicted molar refractivity (Wildman–Crippen MR) is 81.8 cm³/mol. The molecule has 5 nitrogen and oxygen atoms in total. The first-order valence-corrected chi connectivity index (χ1v) is 6.24. The number of benzene rings is 1. The number of nitrogens with two attached hydrogens (primary N) is 1. The zero-order chi connectivity index (χ0) is 14.3. The summed E-state index contributed by atoms with van der Waals surface area (Å²) in [5, 5.41) is 5.24. The number of hydrogen-bond acceptors (Lipinski definition) is 3. The van der Waals surface area contributed by atoms with Gasteiger partial charge in [-0.05, 0) is 5.56 Å². The molecular formula is C14H22ClN3O2. The molecule has 0 radical (unpaired) electrons. The van der Waals surface area contributed by atoms with Gasteiger partial charge in [0.15, 0.2) is 0 Å². The summed E-state index contributed by atoms with van der Waals surface area (Å²) in [6, 6.07) is 9.96. The first kappa shape index (κ1) is 18.4. The molecule has 112 valence electrons. The summed E-state index contributed by atoms with van der Waals surface area (Å²) in [4.78, 5) is 22.5. The molecule has 6 heteroatoms. The third-order valence-corrected chi connectivity index (χ3v) is 2.91. The van der Waals surface area contributed by atoms with E-state index in [1.165, 1.54) is 0 Å². The molecular weight excluding hydrogens is 278 g/mol. The van der Waals surface area contributed by atoms with Crippen LogP contribution in [-0.2, 0) is 15.0 Å². The molecule has 0 saturated carbocycles. The highest BCUT2D eigenvalue weighted by molar-refractivity contribution is 5.85. The van der Waals surface area contributed by atoms with Crippen molar-refractivity contribution in [1.82, 2.24) is 10.6 Å². The second-order valence-corrected chi connectivity index (χ2v) is 5.01. The highest BCUT2D eigenvalue weighted by Gasteiger charge is 2.20. The van der Waals surface area contributed by atoms with E-state index in [4.69, 9.17) is 5.73 Å². The third kappa shape index (κ3) is 6.04. The molecule has 1 aromatic carbocycles. The normalized spacial score (nSPS) is 10.3. The van der Waals surface area contributed by atoms with Crippen molar-refractivity contribution in [1.29, 1.82) is 0 Å². The number of rotatable bonds is 6. The van der Waals surface area contributed by atoms with Gasteiger partial charge in [0, 0.05) is 12.0 Å². The fourth-order valence-corrected chi connectivity index (χ4v) is 1.62. The van der Waals surface area contributed by atoms with Crippen LogP contribution in [0.2, 0.25) is 0 Å². The van der Waals surface area contributed by atoms with Crippen molar-refractivity contribution in [3.05, 3.63) is 35.9 Å². The van der Waals surface area contributed by atoms with E-state index in [1.807, 2.05) is 30.3 Å². The average Bonchev–Trinajstić information content (AvgIpc) is 2.43. The van der Waals surface area contributed by atoms with Crippen LogP contribution < -0.4 is 16.4 Å². The lowest BCUT2D eigenvalue weighted by atomic mass is 9.84. The highest BCUT2D eigenvalue weighted by atomic mass is 35.5. The van der Waals surface area contributed by atoms with Crippen molar-refractivity contribution in [2.75, 3.05) is 19.6 Å². The zero-order valence-electron chi connectivity index (χ0n) is 11.8. The summed E-state index contributed by atoms with van der Waals surface area (Å²) in [7, 11) is 0. The Morgan fingerprint density at radius 1 is 1.10 bits per heavy atom. The Labute approximate surface area is 125 Å². The van der Waals surface area contributed by atoms with Crippen LogP contribution in [0.15, 0.2) is 30.3 Å². The number of hydrogen-bond donors (Lipinski definition) is 3. The number of carbonyl (C=O) groups excluding carboxylic acids is 2. The molecule has 0 heterocycles. The van der Waals surface area contributed by atoms with Gasteiger partial charge >= 0.3 is 0 Å². The minimum atomic E-state index is -0.336. The lowest BCUT2D eigenvalue weighted by Crippen LogP contribution is -2.43. The number of carbonyl (C=O) groups is 2. The van der Waals surface area contributed by atoms with Gasteiger partial charge in [0.05, 0.1) is 13.1 Å². The summed E-state index contributed by atoms with van der Waals surface area (Å²) >= 11 is 0. The molecule has 1 aromatic rings. The number of nitrogens with one attached hydrogen (secondary N) is 2. The second kappa shape index (κ2) is 8.55. The van der Waals surface area contributed by atoms with Crippen molar-refractivity contribution >= 4 is 24.2 Å². The minimum Gasteiger partial charge on any atom is -0.354 e. The van der Waals surface area contributed by atoms with Crippen LogP contribution >= 0.6 is 12.4 Å². The average molecular weight is 300 g/mol. The largest absolute Gasteiger partial charge is 0.354 e.